The number of carbonyl (C=O) groups excluding carboxylic acids is 1. The molecule has 1 aromatic heterocycles. The summed E-state index contributed by atoms with van der Waals surface area (Å²) in [6.07, 6.45) is 1.84. The van der Waals surface area contributed by atoms with E-state index in [1.807, 2.05) is 0 Å². The molecule has 98 valence electrons. The molecule has 18 heavy (non-hydrogen) atoms. The van der Waals surface area contributed by atoms with E-state index in [2.05, 4.69) is 4.98 Å². The molecule has 2 heterocycles. The van der Waals surface area contributed by atoms with Crippen LogP contribution in [0.4, 0.5) is 0 Å². The van der Waals surface area contributed by atoms with Crippen LogP contribution in [0.15, 0.2) is 18.3 Å². The molecule has 7 heteroatoms. The summed E-state index contributed by atoms with van der Waals surface area (Å²) in [5.74, 6) is -0.586. The molecule has 0 radical (unpaired) electrons. The summed E-state index contributed by atoms with van der Waals surface area (Å²) in [7, 11) is -1.51. The minimum absolute atomic E-state index is 0.0250. The summed E-state index contributed by atoms with van der Waals surface area (Å²) in [4.78, 5) is 17.2. The number of aromatic nitrogens is 1. The second-order valence-electron chi connectivity index (χ2n) is 4.34. The maximum absolute atomic E-state index is 12.1. The molecule has 0 aliphatic carbocycles. The predicted molar refractivity (Wildman–Crippen MR) is 65.1 cm³/mol. The fourth-order valence-corrected chi connectivity index (χ4v) is 3.75. The summed E-state index contributed by atoms with van der Waals surface area (Å²) < 4.78 is 22.7. The standard InChI is InChI=1S/C11H14N2O4S/c1-13(8-4-6-18(16,17)7-8)11(15)10-9(14)3-2-5-12-10/h2-3,5,8,14H,4,6-7H2,1H3. The Morgan fingerprint density at radius 1 is 1.56 bits per heavy atom. The summed E-state index contributed by atoms with van der Waals surface area (Å²) in [6.45, 7) is 0. The van der Waals surface area contributed by atoms with Gasteiger partial charge in [0.15, 0.2) is 15.5 Å². The van der Waals surface area contributed by atoms with Gasteiger partial charge in [-0.1, -0.05) is 0 Å². The monoisotopic (exact) mass is 270 g/mol. The van der Waals surface area contributed by atoms with Gasteiger partial charge in [0.05, 0.1) is 11.5 Å². The number of nitrogens with zero attached hydrogens (tertiary/aromatic N) is 2. The van der Waals surface area contributed by atoms with Crippen LogP contribution in [-0.2, 0) is 9.84 Å². The molecule has 1 fully saturated rings. The van der Waals surface area contributed by atoms with E-state index in [9.17, 15) is 18.3 Å². The molecule has 2 rings (SSSR count). The van der Waals surface area contributed by atoms with Crippen molar-refractivity contribution in [1.29, 1.82) is 0 Å². The molecule has 1 aliphatic heterocycles. The van der Waals surface area contributed by atoms with Crippen molar-refractivity contribution >= 4 is 15.7 Å². The van der Waals surface area contributed by atoms with Gasteiger partial charge in [-0.15, -0.1) is 0 Å². The topological polar surface area (TPSA) is 87.6 Å². The van der Waals surface area contributed by atoms with Crippen LogP contribution in [0.2, 0.25) is 0 Å². The smallest absolute Gasteiger partial charge is 0.276 e. The quantitative estimate of drug-likeness (QED) is 0.820. The Balaban J connectivity index is 2.18. The molecule has 1 saturated heterocycles. The van der Waals surface area contributed by atoms with Crippen LogP contribution in [0.1, 0.15) is 16.9 Å². The molecule has 0 bridgehead atoms. The largest absolute Gasteiger partial charge is 0.505 e. The van der Waals surface area contributed by atoms with Gasteiger partial charge in [-0.2, -0.15) is 0 Å². The van der Waals surface area contributed by atoms with Crippen molar-refractivity contribution in [2.45, 2.75) is 12.5 Å². The molecule has 0 saturated carbocycles. The molecular formula is C11H14N2O4S. The van der Waals surface area contributed by atoms with Crippen molar-refractivity contribution in [3.05, 3.63) is 24.0 Å². The van der Waals surface area contributed by atoms with E-state index in [1.54, 1.807) is 0 Å². The number of sulfone groups is 1. The van der Waals surface area contributed by atoms with Gasteiger partial charge in [0.1, 0.15) is 5.75 Å². The Morgan fingerprint density at radius 3 is 2.83 bits per heavy atom. The molecular weight excluding hydrogens is 256 g/mol. The zero-order chi connectivity index (χ0) is 13.3. The minimum atomic E-state index is -3.04. The highest BCUT2D eigenvalue weighted by Crippen LogP contribution is 2.20. The van der Waals surface area contributed by atoms with Crippen LogP contribution < -0.4 is 0 Å². The van der Waals surface area contributed by atoms with E-state index in [-0.39, 0.29) is 29.0 Å². The third-order valence-corrected chi connectivity index (χ3v) is 4.82. The van der Waals surface area contributed by atoms with Gasteiger partial charge < -0.3 is 10.0 Å². The Hall–Kier alpha value is -1.63. The van der Waals surface area contributed by atoms with Gasteiger partial charge in [0.25, 0.3) is 5.91 Å². The summed E-state index contributed by atoms with van der Waals surface area (Å²) in [5.41, 5.74) is -0.0516. The molecule has 1 aromatic rings. The van der Waals surface area contributed by atoms with E-state index < -0.39 is 15.7 Å². The van der Waals surface area contributed by atoms with Gasteiger partial charge in [-0.3, -0.25) is 4.79 Å². The average Bonchev–Trinajstić information content (AvgIpc) is 2.68. The zero-order valence-electron chi connectivity index (χ0n) is 9.91. The Labute approximate surface area is 105 Å². The van der Waals surface area contributed by atoms with E-state index in [0.29, 0.717) is 6.42 Å². The van der Waals surface area contributed by atoms with Crippen LogP contribution >= 0.6 is 0 Å². The van der Waals surface area contributed by atoms with Gasteiger partial charge in [-0.25, -0.2) is 13.4 Å². The number of pyridine rings is 1. The first-order valence-electron chi connectivity index (χ1n) is 5.52. The lowest BCUT2D eigenvalue weighted by Crippen LogP contribution is -2.38. The number of hydrogen-bond donors (Lipinski definition) is 1. The molecule has 6 nitrogen and oxygen atoms in total. The fourth-order valence-electron chi connectivity index (χ4n) is 1.98. The number of hydrogen-bond acceptors (Lipinski definition) is 5. The number of carbonyl (C=O) groups is 1. The van der Waals surface area contributed by atoms with Gasteiger partial charge >= 0.3 is 0 Å². The Morgan fingerprint density at radius 2 is 2.28 bits per heavy atom. The van der Waals surface area contributed by atoms with Crippen LogP contribution in [0.3, 0.4) is 0 Å². The number of amides is 1. The van der Waals surface area contributed by atoms with E-state index in [4.69, 9.17) is 0 Å². The highest BCUT2D eigenvalue weighted by atomic mass is 32.2. The maximum Gasteiger partial charge on any atom is 0.276 e. The summed E-state index contributed by atoms with van der Waals surface area (Å²) >= 11 is 0. The minimum Gasteiger partial charge on any atom is -0.505 e. The first-order valence-corrected chi connectivity index (χ1v) is 7.34. The maximum atomic E-state index is 12.1. The van der Waals surface area contributed by atoms with Crippen molar-refractivity contribution in [3.63, 3.8) is 0 Å². The lowest BCUT2D eigenvalue weighted by Gasteiger charge is -2.23. The SMILES string of the molecule is CN(C(=O)c1ncccc1O)C1CCS(=O)(=O)C1. The first kappa shape index (κ1) is 12.8. The second-order valence-corrected chi connectivity index (χ2v) is 6.57. The van der Waals surface area contributed by atoms with Crippen molar-refractivity contribution in [2.75, 3.05) is 18.6 Å². The van der Waals surface area contributed by atoms with E-state index in [1.165, 1.54) is 30.3 Å². The van der Waals surface area contributed by atoms with E-state index >= 15 is 0 Å². The number of rotatable bonds is 2. The van der Waals surface area contributed by atoms with Gasteiger partial charge in [-0.05, 0) is 18.6 Å². The molecule has 0 spiro atoms. The van der Waals surface area contributed by atoms with Crippen LogP contribution in [0, 0.1) is 0 Å². The predicted octanol–water partition coefficient (Wildman–Crippen LogP) is 0.0463. The van der Waals surface area contributed by atoms with Gasteiger partial charge in [0, 0.05) is 19.3 Å². The lowest BCUT2D eigenvalue weighted by atomic mass is 10.2. The van der Waals surface area contributed by atoms with E-state index in [0.717, 1.165) is 0 Å². The van der Waals surface area contributed by atoms with Crippen LogP contribution in [0.5, 0.6) is 5.75 Å². The third kappa shape index (κ3) is 2.45. The van der Waals surface area contributed by atoms with Crippen molar-refractivity contribution < 1.29 is 18.3 Å². The van der Waals surface area contributed by atoms with Crippen molar-refractivity contribution in [1.82, 2.24) is 9.88 Å². The lowest BCUT2D eigenvalue weighted by molar-refractivity contribution is 0.0738. The zero-order valence-corrected chi connectivity index (χ0v) is 10.7. The molecule has 1 atom stereocenters. The fraction of sp³-hybridized carbons (Fsp3) is 0.455. The second kappa shape index (κ2) is 4.56. The molecule has 1 N–H and O–H groups in total. The Bertz CT molecular complexity index is 570. The molecule has 1 amide bonds. The normalized spacial score (nSPS) is 21.7. The van der Waals surface area contributed by atoms with Crippen LogP contribution in [-0.4, -0.2) is 53.9 Å². The highest BCUT2D eigenvalue weighted by Gasteiger charge is 2.33. The van der Waals surface area contributed by atoms with Crippen molar-refractivity contribution in [2.24, 2.45) is 0 Å². The highest BCUT2D eigenvalue weighted by molar-refractivity contribution is 7.91. The average molecular weight is 270 g/mol. The third-order valence-electron chi connectivity index (χ3n) is 3.07. The molecule has 1 unspecified atom stereocenters. The first-order chi connectivity index (χ1) is 8.41. The van der Waals surface area contributed by atoms with Crippen LogP contribution in [0.25, 0.3) is 0 Å². The van der Waals surface area contributed by atoms with Crippen molar-refractivity contribution in [3.8, 4) is 5.75 Å². The molecule has 0 aromatic carbocycles. The summed E-state index contributed by atoms with van der Waals surface area (Å²) in [5, 5.41) is 9.55. The van der Waals surface area contributed by atoms with Gasteiger partial charge in [0.2, 0.25) is 0 Å². The summed E-state index contributed by atoms with van der Waals surface area (Å²) in [6, 6.07) is 2.55. The number of aromatic hydroxyl groups is 1. The molecule has 1 aliphatic rings. The Kier molecular flexibility index (Phi) is 3.25.